The third kappa shape index (κ3) is 3.99. The lowest BCUT2D eigenvalue weighted by molar-refractivity contribution is -0.0690. The summed E-state index contributed by atoms with van der Waals surface area (Å²) in [6.07, 6.45) is 2.41. The van der Waals surface area contributed by atoms with Crippen molar-refractivity contribution in [3.8, 4) is 5.69 Å². The van der Waals surface area contributed by atoms with E-state index in [2.05, 4.69) is 20.8 Å². The molecule has 2 N–H and O–H groups in total. The first kappa shape index (κ1) is 17.4. The summed E-state index contributed by atoms with van der Waals surface area (Å²) >= 11 is 0. The molecule has 1 saturated heterocycles. The first-order chi connectivity index (χ1) is 11.8. The minimum atomic E-state index is -0.398. The van der Waals surface area contributed by atoms with Crippen LogP contribution in [0.1, 0.15) is 39.9 Å². The third-order valence-electron chi connectivity index (χ3n) is 4.44. The number of urea groups is 1. The second-order valence-corrected chi connectivity index (χ2v) is 7.50. The van der Waals surface area contributed by atoms with E-state index in [1.54, 1.807) is 6.33 Å². The molecule has 7 nitrogen and oxygen atoms in total. The Morgan fingerprint density at radius 3 is 2.64 bits per heavy atom. The molecule has 3 rings (SSSR count). The van der Waals surface area contributed by atoms with Crippen molar-refractivity contribution in [2.24, 2.45) is 0 Å². The van der Waals surface area contributed by atoms with Crippen LogP contribution >= 0.6 is 0 Å². The highest BCUT2D eigenvalue weighted by Crippen LogP contribution is 2.37. The molecule has 7 heteroatoms. The quantitative estimate of drug-likeness (QED) is 0.893. The molecule has 1 aromatic carbocycles. The summed E-state index contributed by atoms with van der Waals surface area (Å²) in [7, 11) is 0. The highest BCUT2D eigenvalue weighted by Gasteiger charge is 2.46. The Bertz CT molecular complexity index is 739. The zero-order chi connectivity index (χ0) is 18.1. The van der Waals surface area contributed by atoms with Crippen LogP contribution in [-0.4, -0.2) is 38.0 Å². The van der Waals surface area contributed by atoms with E-state index in [0.29, 0.717) is 5.82 Å². The summed E-state index contributed by atoms with van der Waals surface area (Å²) in [5.41, 5.74) is 0.316. The van der Waals surface area contributed by atoms with Crippen LogP contribution < -0.4 is 10.6 Å². The number of aromatic nitrogens is 3. The number of carbonyl (C=O) groups is 1. The number of carbonyl (C=O) groups excluding carboxylic acids is 1. The molecule has 1 aliphatic rings. The van der Waals surface area contributed by atoms with Crippen LogP contribution in [0.15, 0.2) is 36.7 Å². The number of rotatable bonds is 4. The molecular weight excluding hydrogens is 318 g/mol. The minimum Gasteiger partial charge on any atom is -0.367 e. The molecule has 25 heavy (non-hydrogen) atoms. The van der Waals surface area contributed by atoms with E-state index in [9.17, 15) is 4.79 Å². The number of amides is 2. The first-order valence-electron chi connectivity index (χ1n) is 8.46. The summed E-state index contributed by atoms with van der Waals surface area (Å²) in [6.45, 7) is 8.36. The van der Waals surface area contributed by atoms with Crippen LogP contribution in [0.4, 0.5) is 4.79 Å². The maximum Gasteiger partial charge on any atom is 0.315 e. The molecule has 1 fully saturated rings. The maximum atomic E-state index is 12.3. The van der Waals surface area contributed by atoms with Crippen molar-refractivity contribution in [3.05, 3.63) is 42.5 Å². The molecular formula is C18H25N5O2. The van der Waals surface area contributed by atoms with E-state index in [1.807, 2.05) is 62.6 Å². The van der Waals surface area contributed by atoms with Crippen molar-refractivity contribution in [1.82, 2.24) is 25.4 Å². The lowest BCUT2D eigenvalue weighted by atomic mass is 9.95. The van der Waals surface area contributed by atoms with Gasteiger partial charge in [0.05, 0.1) is 23.8 Å². The van der Waals surface area contributed by atoms with Gasteiger partial charge in [0.1, 0.15) is 6.33 Å². The summed E-state index contributed by atoms with van der Waals surface area (Å²) in [5, 5.41) is 13.9. The van der Waals surface area contributed by atoms with E-state index in [1.165, 1.54) is 0 Å². The number of hydrogen-bond donors (Lipinski definition) is 2. The number of ether oxygens (including phenoxy) is 1. The van der Waals surface area contributed by atoms with Crippen LogP contribution in [0, 0.1) is 0 Å². The molecule has 1 aliphatic heterocycles. The van der Waals surface area contributed by atoms with Crippen molar-refractivity contribution in [2.75, 3.05) is 0 Å². The minimum absolute atomic E-state index is 0.0468. The zero-order valence-corrected chi connectivity index (χ0v) is 15.1. The molecule has 2 amide bonds. The molecule has 2 aromatic rings. The predicted molar refractivity (Wildman–Crippen MR) is 94.4 cm³/mol. The van der Waals surface area contributed by atoms with Gasteiger partial charge in [-0.3, -0.25) is 4.57 Å². The number of hydrogen-bond acceptors (Lipinski definition) is 4. The van der Waals surface area contributed by atoms with E-state index >= 15 is 0 Å². The van der Waals surface area contributed by atoms with Crippen LogP contribution in [0.5, 0.6) is 0 Å². The lowest BCUT2D eigenvalue weighted by Crippen LogP contribution is -2.49. The highest BCUT2D eigenvalue weighted by molar-refractivity contribution is 5.74. The molecule has 0 bridgehead atoms. The van der Waals surface area contributed by atoms with Crippen molar-refractivity contribution in [2.45, 2.75) is 57.9 Å². The highest BCUT2D eigenvalue weighted by atomic mass is 16.5. The molecule has 0 aliphatic carbocycles. The number of nitrogens with zero attached hydrogens (tertiary/aromatic N) is 3. The van der Waals surface area contributed by atoms with E-state index < -0.39 is 5.60 Å². The van der Waals surface area contributed by atoms with Gasteiger partial charge in [-0.1, -0.05) is 18.2 Å². The summed E-state index contributed by atoms with van der Waals surface area (Å²) < 4.78 is 7.86. The molecule has 134 valence electrons. The second-order valence-electron chi connectivity index (χ2n) is 7.50. The average Bonchev–Trinajstić information content (AvgIpc) is 3.07. The largest absolute Gasteiger partial charge is 0.367 e. The lowest BCUT2D eigenvalue weighted by Gasteiger charge is -2.27. The molecule has 2 heterocycles. The van der Waals surface area contributed by atoms with Crippen molar-refractivity contribution in [1.29, 1.82) is 0 Å². The Morgan fingerprint density at radius 2 is 2.00 bits per heavy atom. The van der Waals surface area contributed by atoms with Gasteiger partial charge in [-0.25, -0.2) is 4.79 Å². The standard InChI is InChI=1S/C18H25N5O2/c1-17(2)10-14(18(3,4)25-17)21-16(24)19-11-15-22-20-12-23(15)13-8-6-5-7-9-13/h5-9,12,14H,10-11H2,1-4H3,(H2,19,21,24). The summed E-state index contributed by atoms with van der Waals surface area (Å²) in [4.78, 5) is 12.3. The molecule has 0 saturated carbocycles. The van der Waals surface area contributed by atoms with Gasteiger partial charge in [0.2, 0.25) is 0 Å². The van der Waals surface area contributed by atoms with Crippen LogP contribution in [0.25, 0.3) is 5.69 Å². The first-order valence-corrected chi connectivity index (χ1v) is 8.46. The van der Waals surface area contributed by atoms with E-state index in [-0.39, 0.29) is 24.2 Å². The van der Waals surface area contributed by atoms with Gasteiger partial charge in [-0.05, 0) is 46.2 Å². The molecule has 1 aromatic heterocycles. The van der Waals surface area contributed by atoms with Crippen molar-refractivity contribution >= 4 is 6.03 Å². The van der Waals surface area contributed by atoms with Gasteiger partial charge in [0.25, 0.3) is 0 Å². The molecule has 0 spiro atoms. The van der Waals surface area contributed by atoms with E-state index in [4.69, 9.17) is 4.74 Å². The summed E-state index contributed by atoms with van der Waals surface area (Å²) in [5.74, 6) is 0.670. The van der Waals surface area contributed by atoms with Crippen LogP contribution in [-0.2, 0) is 11.3 Å². The fourth-order valence-corrected chi connectivity index (χ4v) is 3.34. The Labute approximate surface area is 147 Å². The van der Waals surface area contributed by atoms with Gasteiger partial charge in [-0.15, -0.1) is 10.2 Å². The number of para-hydroxylation sites is 1. The van der Waals surface area contributed by atoms with Gasteiger partial charge in [-0.2, -0.15) is 0 Å². The molecule has 0 radical (unpaired) electrons. The Hall–Kier alpha value is -2.41. The Balaban J connectivity index is 1.60. The monoisotopic (exact) mass is 343 g/mol. The average molecular weight is 343 g/mol. The smallest absolute Gasteiger partial charge is 0.315 e. The molecule has 1 atom stereocenters. The van der Waals surface area contributed by atoms with Gasteiger partial charge < -0.3 is 15.4 Å². The zero-order valence-electron chi connectivity index (χ0n) is 15.1. The molecule has 1 unspecified atom stereocenters. The van der Waals surface area contributed by atoms with Crippen molar-refractivity contribution in [3.63, 3.8) is 0 Å². The fraction of sp³-hybridized carbons (Fsp3) is 0.500. The second kappa shape index (κ2) is 6.48. The third-order valence-corrected chi connectivity index (χ3v) is 4.44. The number of benzene rings is 1. The normalized spacial score (nSPS) is 21.0. The predicted octanol–water partition coefficient (Wildman–Crippen LogP) is 2.41. The van der Waals surface area contributed by atoms with Crippen LogP contribution in [0.3, 0.4) is 0 Å². The van der Waals surface area contributed by atoms with Crippen molar-refractivity contribution < 1.29 is 9.53 Å². The van der Waals surface area contributed by atoms with Crippen LogP contribution in [0.2, 0.25) is 0 Å². The van der Waals surface area contributed by atoms with Gasteiger partial charge in [0, 0.05) is 5.69 Å². The van der Waals surface area contributed by atoms with Gasteiger partial charge in [0.15, 0.2) is 5.82 Å². The topological polar surface area (TPSA) is 81.1 Å². The number of nitrogens with one attached hydrogen (secondary N) is 2. The summed E-state index contributed by atoms with van der Waals surface area (Å²) in [6, 6.07) is 9.50. The van der Waals surface area contributed by atoms with Gasteiger partial charge >= 0.3 is 6.03 Å². The Kier molecular flexibility index (Phi) is 4.51. The maximum absolute atomic E-state index is 12.3. The Morgan fingerprint density at radius 1 is 1.28 bits per heavy atom. The SMILES string of the molecule is CC1(C)CC(NC(=O)NCc2nncn2-c2ccccc2)C(C)(C)O1. The fourth-order valence-electron chi connectivity index (χ4n) is 3.34. The van der Waals surface area contributed by atoms with E-state index in [0.717, 1.165) is 12.1 Å².